The first-order valence-electron chi connectivity index (χ1n) is 10.0. The molecule has 6 nitrogen and oxygen atoms in total. The van der Waals surface area contributed by atoms with Gasteiger partial charge in [-0.25, -0.2) is 5.48 Å². The third-order valence-electron chi connectivity index (χ3n) is 5.37. The van der Waals surface area contributed by atoms with Gasteiger partial charge in [-0.15, -0.1) is 11.8 Å². The molecule has 156 valence electrons. The van der Waals surface area contributed by atoms with E-state index in [1.165, 1.54) is 0 Å². The lowest BCUT2D eigenvalue weighted by Gasteiger charge is -2.17. The van der Waals surface area contributed by atoms with Crippen molar-refractivity contribution in [3.05, 3.63) is 65.9 Å². The Hall–Kier alpha value is -2.61. The molecule has 2 aromatic carbocycles. The molecule has 1 amide bonds. The number of aryl methyl sites for hydroxylation is 1. The van der Waals surface area contributed by atoms with Gasteiger partial charge in [-0.2, -0.15) is 0 Å². The van der Waals surface area contributed by atoms with E-state index in [4.69, 9.17) is 9.94 Å². The molecule has 1 aromatic heterocycles. The van der Waals surface area contributed by atoms with E-state index in [1.807, 2.05) is 49.4 Å². The average Bonchev–Trinajstić information content (AvgIpc) is 3.24. The van der Waals surface area contributed by atoms with Crippen LogP contribution in [-0.2, 0) is 11.4 Å². The summed E-state index contributed by atoms with van der Waals surface area (Å²) in [6.45, 7) is 3.27. The van der Waals surface area contributed by atoms with Crippen molar-refractivity contribution < 1.29 is 14.7 Å². The van der Waals surface area contributed by atoms with Crippen LogP contribution in [0.3, 0.4) is 0 Å². The van der Waals surface area contributed by atoms with E-state index < -0.39 is 0 Å². The van der Waals surface area contributed by atoms with Crippen LogP contribution in [-0.4, -0.2) is 34.4 Å². The van der Waals surface area contributed by atoms with Gasteiger partial charge in [-0.1, -0.05) is 18.2 Å². The Morgan fingerprint density at radius 1 is 1.27 bits per heavy atom. The zero-order valence-corrected chi connectivity index (χ0v) is 17.6. The molecular formula is C23H25N3O3S. The summed E-state index contributed by atoms with van der Waals surface area (Å²) in [7, 11) is 0. The number of benzene rings is 2. The highest BCUT2D eigenvalue weighted by atomic mass is 32.2. The number of ether oxygens (including phenoxy) is 1. The highest BCUT2D eigenvalue weighted by Gasteiger charge is 2.32. The van der Waals surface area contributed by atoms with Crippen molar-refractivity contribution in [3.63, 3.8) is 0 Å². The molecule has 0 bridgehead atoms. The second-order valence-electron chi connectivity index (χ2n) is 7.44. The summed E-state index contributed by atoms with van der Waals surface area (Å²) in [5.74, 6) is 1.08. The van der Waals surface area contributed by atoms with Gasteiger partial charge >= 0.3 is 0 Å². The Balaban J connectivity index is 1.35. The normalized spacial score (nSPS) is 18.5. The fourth-order valence-corrected chi connectivity index (χ4v) is 4.88. The number of rotatable bonds is 7. The molecule has 0 unspecified atom stereocenters. The number of carbonyl (C=O) groups excluding carboxylic acids is 1. The van der Waals surface area contributed by atoms with Gasteiger partial charge < -0.3 is 10.1 Å². The van der Waals surface area contributed by atoms with Crippen LogP contribution in [0.25, 0.3) is 10.9 Å². The molecule has 3 aromatic rings. The number of aromatic nitrogens is 1. The molecule has 1 aliphatic rings. The number of nitrogens with one attached hydrogen (secondary N) is 2. The van der Waals surface area contributed by atoms with Gasteiger partial charge in [0.05, 0.1) is 11.4 Å². The molecule has 0 aliphatic carbocycles. The zero-order valence-electron chi connectivity index (χ0n) is 16.8. The number of nitrogens with zero attached hydrogens (tertiary/aromatic N) is 1. The minimum absolute atomic E-state index is 0.0567. The number of pyridine rings is 1. The number of para-hydroxylation sites is 1. The molecule has 2 atom stereocenters. The molecule has 1 fully saturated rings. The number of fused-ring (bicyclic) bond motifs is 1. The lowest BCUT2D eigenvalue weighted by molar-refractivity contribution is -0.133. The van der Waals surface area contributed by atoms with E-state index in [0.29, 0.717) is 6.61 Å². The Labute approximate surface area is 180 Å². The summed E-state index contributed by atoms with van der Waals surface area (Å²) in [6, 6.07) is 18.2. The number of hydrogen-bond donors (Lipinski definition) is 3. The third kappa shape index (κ3) is 4.75. The quantitative estimate of drug-likeness (QED) is 0.305. The molecule has 4 rings (SSSR count). The SMILES string of the molecule is Cc1cc(COc2ccc(SC[C@@H]3NCC[C@@H]3C(=O)NO)cc2)c2ccccc2n1. The van der Waals surface area contributed by atoms with Gasteiger partial charge in [0.1, 0.15) is 12.4 Å². The summed E-state index contributed by atoms with van der Waals surface area (Å²) in [5, 5.41) is 13.3. The van der Waals surface area contributed by atoms with Crippen molar-refractivity contribution in [2.45, 2.75) is 30.9 Å². The largest absolute Gasteiger partial charge is 0.489 e. The highest BCUT2D eigenvalue weighted by Crippen LogP contribution is 2.27. The molecule has 0 saturated carbocycles. The molecule has 3 N–H and O–H groups in total. The van der Waals surface area contributed by atoms with Gasteiger partial charge in [0.2, 0.25) is 5.91 Å². The maximum absolute atomic E-state index is 11.7. The molecule has 2 heterocycles. The Morgan fingerprint density at radius 2 is 2.07 bits per heavy atom. The van der Waals surface area contributed by atoms with Gasteiger partial charge in [0.15, 0.2) is 0 Å². The van der Waals surface area contributed by atoms with Crippen LogP contribution >= 0.6 is 11.8 Å². The summed E-state index contributed by atoms with van der Waals surface area (Å²) in [4.78, 5) is 17.4. The molecule has 1 saturated heterocycles. The Morgan fingerprint density at radius 3 is 2.87 bits per heavy atom. The van der Waals surface area contributed by atoms with Crippen LogP contribution in [0.2, 0.25) is 0 Å². The lowest BCUT2D eigenvalue weighted by atomic mass is 10.0. The predicted molar refractivity (Wildman–Crippen MR) is 118 cm³/mol. The number of hydrogen-bond acceptors (Lipinski definition) is 6. The van der Waals surface area contributed by atoms with E-state index >= 15 is 0 Å². The molecule has 7 heteroatoms. The van der Waals surface area contributed by atoms with E-state index in [1.54, 1.807) is 17.2 Å². The second kappa shape index (κ2) is 9.47. The topological polar surface area (TPSA) is 83.5 Å². The predicted octanol–water partition coefficient (Wildman–Crippen LogP) is 3.70. The van der Waals surface area contributed by atoms with Crippen LogP contribution in [0.4, 0.5) is 0 Å². The van der Waals surface area contributed by atoms with E-state index in [9.17, 15) is 4.79 Å². The van der Waals surface area contributed by atoms with Gasteiger partial charge in [-0.05, 0) is 56.3 Å². The summed E-state index contributed by atoms with van der Waals surface area (Å²) >= 11 is 1.69. The third-order valence-corrected chi connectivity index (χ3v) is 6.50. The van der Waals surface area contributed by atoms with Crippen molar-refractivity contribution in [1.29, 1.82) is 0 Å². The van der Waals surface area contributed by atoms with Crippen molar-refractivity contribution in [1.82, 2.24) is 15.8 Å². The minimum atomic E-state index is -0.312. The van der Waals surface area contributed by atoms with Crippen LogP contribution in [0.5, 0.6) is 5.75 Å². The van der Waals surface area contributed by atoms with Gasteiger partial charge in [0.25, 0.3) is 0 Å². The molecule has 1 aliphatic heterocycles. The second-order valence-corrected chi connectivity index (χ2v) is 8.54. The van der Waals surface area contributed by atoms with Gasteiger partial charge in [0, 0.05) is 33.3 Å². The first-order chi connectivity index (χ1) is 14.6. The van der Waals surface area contributed by atoms with Crippen molar-refractivity contribution in [2.24, 2.45) is 5.92 Å². The van der Waals surface area contributed by atoms with Crippen molar-refractivity contribution in [2.75, 3.05) is 12.3 Å². The monoisotopic (exact) mass is 423 g/mol. The smallest absolute Gasteiger partial charge is 0.248 e. The molecule has 0 radical (unpaired) electrons. The zero-order chi connectivity index (χ0) is 20.9. The fourth-order valence-electron chi connectivity index (χ4n) is 3.83. The Kier molecular flexibility index (Phi) is 6.52. The first-order valence-corrected chi connectivity index (χ1v) is 11.0. The summed E-state index contributed by atoms with van der Waals surface area (Å²) in [5.41, 5.74) is 4.86. The van der Waals surface area contributed by atoms with E-state index in [-0.39, 0.29) is 17.9 Å². The molecular weight excluding hydrogens is 398 g/mol. The van der Waals surface area contributed by atoms with Crippen molar-refractivity contribution >= 4 is 28.6 Å². The van der Waals surface area contributed by atoms with E-state index in [2.05, 4.69) is 22.4 Å². The summed E-state index contributed by atoms with van der Waals surface area (Å²) in [6.07, 6.45) is 0.744. The van der Waals surface area contributed by atoms with E-state index in [0.717, 1.165) is 51.5 Å². The number of carbonyl (C=O) groups is 1. The van der Waals surface area contributed by atoms with Crippen LogP contribution in [0.1, 0.15) is 17.7 Å². The molecule has 30 heavy (non-hydrogen) atoms. The first kappa shape index (κ1) is 20.7. The standard InChI is InChI=1S/C23H25N3O3S/c1-15-12-16(19-4-2-3-5-21(19)25-15)13-29-17-6-8-18(9-7-17)30-14-22-20(10-11-24-22)23(27)26-28/h2-9,12,20,22,24,28H,10-11,13-14H2,1H3,(H,26,27)/t20-,22-/m0/s1. The highest BCUT2D eigenvalue weighted by molar-refractivity contribution is 7.99. The van der Waals surface area contributed by atoms with Crippen LogP contribution in [0, 0.1) is 12.8 Å². The molecule has 0 spiro atoms. The average molecular weight is 424 g/mol. The summed E-state index contributed by atoms with van der Waals surface area (Å²) < 4.78 is 6.02. The number of hydroxylamine groups is 1. The minimum Gasteiger partial charge on any atom is -0.489 e. The van der Waals surface area contributed by atoms with Crippen molar-refractivity contribution in [3.8, 4) is 5.75 Å². The fraction of sp³-hybridized carbons (Fsp3) is 0.304. The Bertz CT molecular complexity index is 1030. The maximum atomic E-state index is 11.7. The lowest BCUT2D eigenvalue weighted by Crippen LogP contribution is -2.38. The van der Waals surface area contributed by atoms with Crippen LogP contribution in [0.15, 0.2) is 59.5 Å². The van der Waals surface area contributed by atoms with Crippen LogP contribution < -0.4 is 15.5 Å². The number of thioether (sulfide) groups is 1. The maximum Gasteiger partial charge on any atom is 0.248 e. The number of amides is 1. The van der Waals surface area contributed by atoms with Gasteiger partial charge in [-0.3, -0.25) is 15.0 Å².